The van der Waals surface area contributed by atoms with E-state index in [1.807, 2.05) is 36.2 Å². The van der Waals surface area contributed by atoms with Crippen LogP contribution in [0.15, 0.2) is 42.9 Å². The Hall–Kier alpha value is -2.63. The van der Waals surface area contributed by atoms with Crippen molar-refractivity contribution in [3.8, 4) is 0 Å². The topological polar surface area (TPSA) is 61.4 Å². The van der Waals surface area contributed by atoms with Crippen molar-refractivity contribution in [3.63, 3.8) is 0 Å². The van der Waals surface area contributed by atoms with Crippen molar-refractivity contribution in [2.75, 3.05) is 25.0 Å². The first-order chi connectivity index (χ1) is 10.7. The number of pyridine rings is 2. The fourth-order valence-electron chi connectivity index (χ4n) is 2.52. The maximum absolute atomic E-state index is 12.4. The number of nitrogens with one attached hydrogen (secondary N) is 1. The zero-order chi connectivity index (χ0) is 15.4. The molecular weight excluding hydrogens is 278 g/mol. The van der Waals surface area contributed by atoms with Crippen LogP contribution in [0, 0.1) is 0 Å². The standard InChI is InChI=1S/C16H19N5O/c1-20-8-9-21(12-14-5-3-7-18-15(14)20)16(22)19-11-13-4-2-6-17-10-13/h2-7,10H,8-9,11-12H2,1H3,(H,19,22). The van der Waals surface area contributed by atoms with Crippen LogP contribution in [-0.4, -0.2) is 41.0 Å². The highest BCUT2D eigenvalue weighted by molar-refractivity contribution is 5.74. The summed E-state index contributed by atoms with van der Waals surface area (Å²) < 4.78 is 0. The molecule has 0 spiro atoms. The summed E-state index contributed by atoms with van der Waals surface area (Å²) in [6.45, 7) is 2.50. The number of hydrogen-bond donors (Lipinski definition) is 1. The van der Waals surface area contributed by atoms with Gasteiger partial charge < -0.3 is 15.1 Å². The summed E-state index contributed by atoms with van der Waals surface area (Å²) in [6, 6.07) is 7.68. The van der Waals surface area contributed by atoms with Crippen molar-refractivity contribution in [2.24, 2.45) is 0 Å². The molecule has 0 bridgehead atoms. The van der Waals surface area contributed by atoms with E-state index in [4.69, 9.17) is 0 Å². The smallest absolute Gasteiger partial charge is 0.318 e. The molecule has 2 aromatic rings. The molecule has 0 atom stereocenters. The number of nitrogens with zero attached hydrogens (tertiary/aromatic N) is 4. The lowest BCUT2D eigenvalue weighted by molar-refractivity contribution is 0.197. The van der Waals surface area contributed by atoms with E-state index in [0.29, 0.717) is 19.6 Å². The average Bonchev–Trinajstić information content (AvgIpc) is 2.73. The van der Waals surface area contributed by atoms with E-state index in [0.717, 1.165) is 23.5 Å². The summed E-state index contributed by atoms with van der Waals surface area (Å²) in [7, 11) is 2.00. The van der Waals surface area contributed by atoms with Gasteiger partial charge in [0.15, 0.2) is 0 Å². The number of anilines is 1. The molecule has 1 N–H and O–H groups in total. The van der Waals surface area contributed by atoms with Crippen LogP contribution in [0.3, 0.4) is 0 Å². The normalized spacial score (nSPS) is 14.2. The predicted molar refractivity (Wildman–Crippen MR) is 84.4 cm³/mol. The Labute approximate surface area is 129 Å². The van der Waals surface area contributed by atoms with Gasteiger partial charge in [0, 0.05) is 50.8 Å². The van der Waals surface area contributed by atoms with Crippen LogP contribution in [0.2, 0.25) is 0 Å². The second-order valence-corrected chi connectivity index (χ2v) is 5.35. The van der Waals surface area contributed by atoms with E-state index in [-0.39, 0.29) is 6.03 Å². The van der Waals surface area contributed by atoms with Crippen molar-refractivity contribution in [2.45, 2.75) is 13.1 Å². The molecule has 0 saturated heterocycles. The van der Waals surface area contributed by atoms with Crippen LogP contribution < -0.4 is 10.2 Å². The Kier molecular flexibility index (Phi) is 4.18. The minimum absolute atomic E-state index is 0.0612. The first-order valence-electron chi connectivity index (χ1n) is 7.31. The average molecular weight is 297 g/mol. The maximum atomic E-state index is 12.4. The van der Waals surface area contributed by atoms with Crippen molar-refractivity contribution >= 4 is 11.8 Å². The molecule has 22 heavy (non-hydrogen) atoms. The summed E-state index contributed by atoms with van der Waals surface area (Å²) in [4.78, 5) is 24.8. The first kappa shape index (κ1) is 14.3. The number of aromatic nitrogens is 2. The van der Waals surface area contributed by atoms with E-state index >= 15 is 0 Å². The van der Waals surface area contributed by atoms with Crippen LogP contribution in [0.25, 0.3) is 0 Å². The Morgan fingerprint density at radius 1 is 1.27 bits per heavy atom. The molecule has 3 heterocycles. The van der Waals surface area contributed by atoms with Gasteiger partial charge in [-0.3, -0.25) is 4.98 Å². The molecule has 1 aliphatic rings. The lowest BCUT2D eigenvalue weighted by Gasteiger charge is -2.21. The third-order valence-electron chi connectivity index (χ3n) is 3.75. The molecule has 0 radical (unpaired) electrons. The van der Waals surface area contributed by atoms with Gasteiger partial charge in [-0.2, -0.15) is 0 Å². The summed E-state index contributed by atoms with van der Waals surface area (Å²) in [6.07, 6.45) is 5.27. The number of rotatable bonds is 2. The van der Waals surface area contributed by atoms with E-state index in [1.54, 1.807) is 18.6 Å². The minimum atomic E-state index is -0.0612. The number of carbonyl (C=O) groups excluding carboxylic acids is 1. The van der Waals surface area contributed by atoms with Gasteiger partial charge in [0.1, 0.15) is 5.82 Å². The van der Waals surface area contributed by atoms with E-state index in [2.05, 4.69) is 20.2 Å². The molecule has 0 saturated carbocycles. The Morgan fingerprint density at radius 3 is 2.95 bits per heavy atom. The summed E-state index contributed by atoms with van der Waals surface area (Å²) in [5.41, 5.74) is 2.06. The van der Waals surface area contributed by atoms with Crippen LogP contribution in [0.1, 0.15) is 11.1 Å². The quantitative estimate of drug-likeness (QED) is 0.915. The van der Waals surface area contributed by atoms with Gasteiger partial charge in [-0.25, -0.2) is 9.78 Å². The summed E-state index contributed by atoms with van der Waals surface area (Å²) in [5, 5.41) is 2.95. The van der Waals surface area contributed by atoms with Crippen LogP contribution >= 0.6 is 0 Å². The molecule has 1 aliphatic heterocycles. The Balaban J connectivity index is 1.66. The molecule has 6 nitrogen and oxygen atoms in total. The number of hydrogen-bond acceptors (Lipinski definition) is 4. The summed E-state index contributed by atoms with van der Waals surface area (Å²) in [5.74, 6) is 0.949. The Bertz CT molecular complexity index is 646. The second-order valence-electron chi connectivity index (χ2n) is 5.35. The molecule has 114 valence electrons. The fourth-order valence-corrected chi connectivity index (χ4v) is 2.52. The predicted octanol–water partition coefficient (Wildman–Crippen LogP) is 1.64. The van der Waals surface area contributed by atoms with Crippen molar-refractivity contribution < 1.29 is 4.79 Å². The number of urea groups is 1. The maximum Gasteiger partial charge on any atom is 0.318 e. The molecule has 0 aliphatic carbocycles. The first-order valence-corrected chi connectivity index (χ1v) is 7.31. The van der Waals surface area contributed by atoms with Crippen LogP contribution in [0.5, 0.6) is 0 Å². The van der Waals surface area contributed by atoms with Gasteiger partial charge in [0.2, 0.25) is 0 Å². The van der Waals surface area contributed by atoms with Gasteiger partial charge in [0.05, 0.1) is 6.54 Å². The molecule has 2 aromatic heterocycles. The molecule has 3 rings (SSSR count). The van der Waals surface area contributed by atoms with E-state index < -0.39 is 0 Å². The molecular formula is C16H19N5O. The van der Waals surface area contributed by atoms with Crippen molar-refractivity contribution in [1.82, 2.24) is 20.2 Å². The molecule has 0 aromatic carbocycles. The van der Waals surface area contributed by atoms with Gasteiger partial charge in [-0.15, -0.1) is 0 Å². The van der Waals surface area contributed by atoms with Gasteiger partial charge in [-0.1, -0.05) is 12.1 Å². The lowest BCUT2D eigenvalue weighted by Crippen LogP contribution is -2.41. The highest BCUT2D eigenvalue weighted by atomic mass is 16.2. The third-order valence-corrected chi connectivity index (χ3v) is 3.75. The fraction of sp³-hybridized carbons (Fsp3) is 0.312. The zero-order valence-electron chi connectivity index (χ0n) is 12.6. The highest BCUT2D eigenvalue weighted by Gasteiger charge is 2.21. The van der Waals surface area contributed by atoms with Crippen molar-refractivity contribution in [3.05, 3.63) is 54.0 Å². The minimum Gasteiger partial charge on any atom is -0.358 e. The monoisotopic (exact) mass is 297 g/mol. The highest BCUT2D eigenvalue weighted by Crippen LogP contribution is 2.20. The third kappa shape index (κ3) is 3.16. The SMILES string of the molecule is CN1CCN(C(=O)NCc2cccnc2)Cc2cccnc21. The van der Waals surface area contributed by atoms with Crippen LogP contribution in [-0.2, 0) is 13.1 Å². The van der Waals surface area contributed by atoms with Gasteiger partial charge >= 0.3 is 6.03 Å². The largest absolute Gasteiger partial charge is 0.358 e. The number of carbonyl (C=O) groups is 1. The molecule has 0 fully saturated rings. The number of fused-ring (bicyclic) bond motifs is 1. The summed E-state index contributed by atoms with van der Waals surface area (Å²) >= 11 is 0. The van der Waals surface area contributed by atoms with Crippen LogP contribution in [0.4, 0.5) is 10.6 Å². The number of likely N-dealkylation sites (N-methyl/N-ethyl adjacent to an activating group) is 1. The molecule has 6 heteroatoms. The Morgan fingerprint density at radius 2 is 2.14 bits per heavy atom. The van der Waals surface area contributed by atoms with E-state index in [9.17, 15) is 4.79 Å². The number of amides is 2. The lowest BCUT2D eigenvalue weighted by atomic mass is 10.2. The van der Waals surface area contributed by atoms with Gasteiger partial charge in [-0.05, 0) is 17.7 Å². The van der Waals surface area contributed by atoms with Gasteiger partial charge in [0.25, 0.3) is 0 Å². The van der Waals surface area contributed by atoms with E-state index in [1.165, 1.54) is 0 Å². The molecule has 2 amide bonds. The zero-order valence-corrected chi connectivity index (χ0v) is 12.6. The van der Waals surface area contributed by atoms with Crippen molar-refractivity contribution in [1.29, 1.82) is 0 Å². The molecule has 0 unspecified atom stereocenters. The second kappa shape index (κ2) is 6.43.